The summed E-state index contributed by atoms with van der Waals surface area (Å²) in [5.74, 6) is 0. The molecule has 5 nitrogen and oxygen atoms in total. The maximum atomic E-state index is 12.8. The Bertz CT molecular complexity index is 1020. The predicted octanol–water partition coefficient (Wildman–Crippen LogP) is 5.17. The molecule has 2 unspecified atom stereocenters. The highest BCUT2D eigenvalue weighted by Crippen LogP contribution is 2.38. The molecule has 2 aliphatic rings. The first kappa shape index (κ1) is 17.0. The average molecular weight is 374 g/mol. The monoisotopic (exact) mass is 374 g/mol. The van der Waals surface area contributed by atoms with Crippen molar-refractivity contribution in [3.8, 4) is 0 Å². The fourth-order valence-corrected chi connectivity index (χ4v) is 4.38. The molecule has 142 valence electrons. The van der Waals surface area contributed by atoms with Gasteiger partial charge in [-0.1, -0.05) is 42.5 Å². The molecule has 1 aromatic heterocycles. The zero-order chi connectivity index (χ0) is 18.9. The van der Waals surface area contributed by atoms with Crippen molar-refractivity contribution in [2.24, 2.45) is 0 Å². The molecule has 1 amide bonds. The van der Waals surface area contributed by atoms with E-state index in [0.29, 0.717) is 6.61 Å². The van der Waals surface area contributed by atoms with E-state index in [2.05, 4.69) is 23.2 Å². The van der Waals surface area contributed by atoms with E-state index >= 15 is 0 Å². The van der Waals surface area contributed by atoms with Gasteiger partial charge in [0, 0.05) is 6.04 Å². The van der Waals surface area contributed by atoms with Gasteiger partial charge in [-0.3, -0.25) is 4.90 Å². The highest BCUT2D eigenvalue weighted by atomic mass is 16.6. The van der Waals surface area contributed by atoms with E-state index < -0.39 is 0 Å². The quantitative estimate of drug-likeness (QED) is 0.634. The SMILES string of the molecule is O=C(OCc1ccccc1)N1C2C=C(c3ccc4ocnc4c3)CC1CCC2. The van der Waals surface area contributed by atoms with Crippen LogP contribution in [0.2, 0.25) is 0 Å². The molecule has 0 radical (unpaired) electrons. The summed E-state index contributed by atoms with van der Waals surface area (Å²) in [6.07, 6.45) is 7.49. The lowest BCUT2D eigenvalue weighted by molar-refractivity contribution is 0.0510. The normalized spacial score (nSPS) is 21.4. The first-order valence-electron chi connectivity index (χ1n) is 9.81. The van der Waals surface area contributed by atoms with Gasteiger partial charge in [-0.2, -0.15) is 0 Å². The summed E-state index contributed by atoms with van der Waals surface area (Å²) >= 11 is 0. The average Bonchev–Trinajstić information content (AvgIpc) is 3.19. The molecule has 5 rings (SSSR count). The minimum absolute atomic E-state index is 0.0961. The highest BCUT2D eigenvalue weighted by molar-refractivity contribution is 5.81. The Morgan fingerprint density at radius 1 is 1.18 bits per heavy atom. The van der Waals surface area contributed by atoms with Crippen LogP contribution in [0, 0.1) is 0 Å². The first-order valence-corrected chi connectivity index (χ1v) is 9.81. The molecule has 0 N–H and O–H groups in total. The van der Waals surface area contributed by atoms with Crippen molar-refractivity contribution in [1.29, 1.82) is 0 Å². The van der Waals surface area contributed by atoms with Crippen molar-refractivity contribution in [2.45, 2.75) is 44.4 Å². The fraction of sp³-hybridized carbons (Fsp3) is 0.304. The number of rotatable bonds is 3. The van der Waals surface area contributed by atoms with Crippen LogP contribution in [0.25, 0.3) is 16.7 Å². The summed E-state index contributed by atoms with van der Waals surface area (Å²) in [6, 6.07) is 16.2. The van der Waals surface area contributed by atoms with Crippen molar-refractivity contribution in [3.05, 3.63) is 72.1 Å². The Kier molecular flexibility index (Phi) is 4.35. The van der Waals surface area contributed by atoms with E-state index in [9.17, 15) is 4.79 Å². The van der Waals surface area contributed by atoms with Gasteiger partial charge < -0.3 is 9.15 Å². The molecule has 2 aromatic carbocycles. The Balaban J connectivity index is 1.36. The third-order valence-corrected chi connectivity index (χ3v) is 5.75. The molecule has 0 spiro atoms. The Morgan fingerprint density at radius 2 is 2.07 bits per heavy atom. The van der Waals surface area contributed by atoms with Gasteiger partial charge in [0.2, 0.25) is 0 Å². The Morgan fingerprint density at radius 3 is 2.93 bits per heavy atom. The number of ether oxygens (including phenoxy) is 1. The molecule has 0 saturated carbocycles. The van der Waals surface area contributed by atoms with Gasteiger partial charge >= 0.3 is 6.09 Å². The number of hydrogen-bond acceptors (Lipinski definition) is 4. The van der Waals surface area contributed by atoms with E-state index in [0.717, 1.165) is 47.9 Å². The number of amides is 1. The van der Waals surface area contributed by atoms with E-state index in [-0.39, 0.29) is 18.2 Å². The van der Waals surface area contributed by atoms with E-state index in [1.54, 1.807) is 0 Å². The number of carbonyl (C=O) groups is 1. The molecule has 2 bridgehead atoms. The topological polar surface area (TPSA) is 55.6 Å². The van der Waals surface area contributed by atoms with Crippen LogP contribution in [0.5, 0.6) is 0 Å². The van der Waals surface area contributed by atoms with Gasteiger partial charge in [-0.05, 0) is 54.5 Å². The first-order chi connectivity index (χ1) is 13.8. The summed E-state index contributed by atoms with van der Waals surface area (Å²) in [7, 11) is 0. The number of carbonyl (C=O) groups excluding carboxylic acids is 1. The number of benzene rings is 2. The van der Waals surface area contributed by atoms with Crippen LogP contribution in [0.3, 0.4) is 0 Å². The second-order valence-electron chi connectivity index (χ2n) is 7.53. The maximum absolute atomic E-state index is 12.8. The number of piperidine rings is 1. The smallest absolute Gasteiger partial charge is 0.410 e. The van der Waals surface area contributed by atoms with Crippen molar-refractivity contribution in [3.63, 3.8) is 0 Å². The van der Waals surface area contributed by atoms with Crippen LogP contribution in [0.4, 0.5) is 4.79 Å². The standard InChI is InChI=1S/C23H22N2O3/c26-23(27-14-16-5-2-1-3-6-16)25-19-7-4-8-20(25)12-18(11-19)17-9-10-22-21(13-17)24-15-28-22/h1-3,5-6,9-11,13,15,19-20H,4,7-8,12,14H2. The van der Waals surface area contributed by atoms with Gasteiger partial charge in [0.1, 0.15) is 12.1 Å². The summed E-state index contributed by atoms with van der Waals surface area (Å²) in [5, 5.41) is 0. The van der Waals surface area contributed by atoms with E-state index in [1.165, 1.54) is 12.0 Å². The van der Waals surface area contributed by atoms with Crippen molar-refractivity contribution in [1.82, 2.24) is 9.88 Å². The summed E-state index contributed by atoms with van der Waals surface area (Å²) in [5.41, 5.74) is 5.12. The number of aromatic nitrogens is 1. The zero-order valence-corrected chi connectivity index (χ0v) is 15.6. The van der Waals surface area contributed by atoms with Gasteiger partial charge in [-0.15, -0.1) is 0 Å². The second kappa shape index (κ2) is 7.15. The minimum atomic E-state index is -0.208. The summed E-state index contributed by atoms with van der Waals surface area (Å²) in [6.45, 7) is 0.314. The van der Waals surface area contributed by atoms with E-state index in [4.69, 9.17) is 9.15 Å². The van der Waals surface area contributed by atoms with Crippen LogP contribution in [-0.2, 0) is 11.3 Å². The maximum Gasteiger partial charge on any atom is 0.410 e. The molecular formula is C23H22N2O3. The molecule has 5 heteroatoms. The van der Waals surface area contributed by atoms with Gasteiger partial charge in [-0.25, -0.2) is 9.78 Å². The second-order valence-corrected chi connectivity index (χ2v) is 7.53. The summed E-state index contributed by atoms with van der Waals surface area (Å²) < 4.78 is 11.0. The largest absolute Gasteiger partial charge is 0.445 e. The molecule has 3 heterocycles. The molecule has 1 fully saturated rings. The Labute approximate surface area is 163 Å². The fourth-order valence-electron chi connectivity index (χ4n) is 4.38. The number of hydrogen-bond donors (Lipinski definition) is 0. The predicted molar refractivity (Wildman–Crippen MR) is 106 cm³/mol. The highest BCUT2D eigenvalue weighted by Gasteiger charge is 2.38. The van der Waals surface area contributed by atoms with E-state index in [1.807, 2.05) is 41.3 Å². The van der Waals surface area contributed by atoms with Crippen LogP contribution in [0.1, 0.15) is 36.8 Å². The minimum Gasteiger partial charge on any atom is -0.445 e. The molecule has 0 aliphatic carbocycles. The van der Waals surface area contributed by atoms with Crippen molar-refractivity contribution >= 4 is 22.8 Å². The lowest BCUT2D eigenvalue weighted by Gasteiger charge is -2.44. The molecule has 1 saturated heterocycles. The van der Waals surface area contributed by atoms with Crippen molar-refractivity contribution < 1.29 is 13.9 Å². The lowest BCUT2D eigenvalue weighted by atomic mass is 9.83. The third-order valence-electron chi connectivity index (χ3n) is 5.75. The number of fused-ring (bicyclic) bond motifs is 3. The molecule has 2 aliphatic heterocycles. The van der Waals surface area contributed by atoms with Crippen LogP contribution < -0.4 is 0 Å². The number of oxazole rings is 1. The van der Waals surface area contributed by atoms with Crippen LogP contribution in [0.15, 0.2) is 65.4 Å². The van der Waals surface area contributed by atoms with Crippen molar-refractivity contribution in [2.75, 3.05) is 0 Å². The Hall–Kier alpha value is -3.08. The number of nitrogens with zero attached hydrogens (tertiary/aromatic N) is 2. The summed E-state index contributed by atoms with van der Waals surface area (Å²) in [4.78, 5) is 19.0. The third kappa shape index (κ3) is 3.17. The molecular weight excluding hydrogens is 352 g/mol. The van der Waals surface area contributed by atoms with Gasteiger partial charge in [0.15, 0.2) is 12.0 Å². The van der Waals surface area contributed by atoms with Crippen LogP contribution >= 0.6 is 0 Å². The molecule has 3 aromatic rings. The van der Waals surface area contributed by atoms with Gasteiger partial charge in [0.05, 0.1) is 6.04 Å². The molecule has 2 atom stereocenters. The molecule has 28 heavy (non-hydrogen) atoms. The van der Waals surface area contributed by atoms with Gasteiger partial charge in [0.25, 0.3) is 0 Å². The zero-order valence-electron chi connectivity index (χ0n) is 15.6. The van der Waals surface area contributed by atoms with Crippen LogP contribution in [-0.4, -0.2) is 28.1 Å². The lowest BCUT2D eigenvalue weighted by Crippen LogP contribution is -2.51.